The van der Waals surface area contributed by atoms with Gasteiger partial charge >= 0.3 is 6.36 Å². The molecule has 0 atom stereocenters. The minimum absolute atomic E-state index is 0.265. The molecule has 0 amide bonds. The topological polar surface area (TPSA) is 45.0 Å². The fourth-order valence-corrected chi connectivity index (χ4v) is 3.17. The van der Waals surface area contributed by atoms with Gasteiger partial charge in [-0.25, -0.2) is 4.98 Å². The standard InChI is InChI=1S/C22H17F3N2O3/c1-28-18-9-16(10-19(11-18)29-2)20-12-26-21-8-5-15(13-27(20)21)14-3-6-17(7-4-14)30-22(23,24)25/h3-13H,1-2H3. The number of ether oxygens (including phenoxy) is 3. The maximum atomic E-state index is 12.4. The van der Waals surface area contributed by atoms with E-state index in [4.69, 9.17) is 9.47 Å². The van der Waals surface area contributed by atoms with Gasteiger partial charge in [0, 0.05) is 17.8 Å². The van der Waals surface area contributed by atoms with E-state index in [9.17, 15) is 13.2 Å². The normalized spacial score (nSPS) is 11.5. The zero-order valence-corrected chi connectivity index (χ0v) is 16.1. The first-order valence-electron chi connectivity index (χ1n) is 8.93. The first kappa shape index (κ1) is 19.6. The lowest BCUT2D eigenvalue weighted by atomic mass is 10.1. The summed E-state index contributed by atoms with van der Waals surface area (Å²) in [6.45, 7) is 0. The van der Waals surface area contributed by atoms with Crippen molar-refractivity contribution in [2.45, 2.75) is 6.36 Å². The molecular formula is C22H17F3N2O3. The van der Waals surface area contributed by atoms with Crippen molar-refractivity contribution >= 4 is 5.65 Å². The molecule has 0 fully saturated rings. The zero-order valence-electron chi connectivity index (χ0n) is 16.1. The van der Waals surface area contributed by atoms with Gasteiger partial charge in [0.1, 0.15) is 22.9 Å². The molecule has 2 aromatic carbocycles. The molecule has 5 nitrogen and oxygen atoms in total. The monoisotopic (exact) mass is 414 g/mol. The molecule has 154 valence electrons. The fraction of sp³-hybridized carbons (Fsp3) is 0.136. The minimum atomic E-state index is -4.72. The molecule has 8 heteroatoms. The number of methoxy groups -OCH3 is 2. The van der Waals surface area contributed by atoms with Crippen molar-refractivity contribution in [3.63, 3.8) is 0 Å². The SMILES string of the molecule is COc1cc(OC)cc(-c2cnc3ccc(-c4ccc(OC(F)(F)F)cc4)cn23)c1. The average Bonchev–Trinajstić information content (AvgIpc) is 3.16. The average molecular weight is 414 g/mol. The first-order chi connectivity index (χ1) is 14.4. The van der Waals surface area contributed by atoms with Gasteiger partial charge in [0.05, 0.1) is 26.1 Å². The van der Waals surface area contributed by atoms with E-state index in [2.05, 4.69) is 9.72 Å². The largest absolute Gasteiger partial charge is 0.573 e. The molecule has 0 aliphatic heterocycles. The lowest BCUT2D eigenvalue weighted by Gasteiger charge is -2.11. The second-order valence-electron chi connectivity index (χ2n) is 6.46. The van der Waals surface area contributed by atoms with E-state index in [0.29, 0.717) is 11.5 Å². The summed E-state index contributed by atoms with van der Waals surface area (Å²) in [5.74, 6) is 1.03. The number of halogens is 3. The van der Waals surface area contributed by atoms with Crippen molar-refractivity contribution in [1.29, 1.82) is 0 Å². The van der Waals surface area contributed by atoms with Gasteiger partial charge in [-0.05, 0) is 47.5 Å². The summed E-state index contributed by atoms with van der Waals surface area (Å²) in [5, 5.41) is 0. The van der Waals surface area contributed by atoms with E-state index in [1.807, 2.05) is 34.9 Å². The van der Waals surface area contributed by atoms with Crippen LogP contribution in [0.2, 0.25) is 0 Å². The summed E-state index contributed by atoms with van der Waals surface area (Å²) < 4.78 is 53.6. The highest BCUT2D eigenvalue weighted by Crippen LogP contribution is 2.32. The van der Waals surface area contributed by atoms with Crippen LogP contribution in [0, 0.1) is 0 Å². The van der Waals surface area contributed by atoms with Crippen molar-refractivity contribution < 1.29 is 27.4 Å². The lowest BCUT2D eigenvalue weighted by molar-refractivity contribution is -0.274. The third kappa shape index (κ3) is 4.03. The van der Waals surface area contributed by atoms with Crippen molar-refractivity contribution in [2.24, 2.45) is 0 Å². The van der Waals surface area contributed by atoms with Crippen molar-refractivity contribution in [2.75, 3.05) is 14.2 Å². The molecule has 0 aliphatic rings. The van der Waals surface area contributed by atoms with E-state index in [0.717, 1.165) is 28.0 Å². The Bertz CT molecular complexity index is 1160. The molecule has 0 aliphatic carbocycles. The Kier molecular flexibility index (Phi) is 4.99. The van der Waals surface area contributed by atoms with Crippen LogP contribution in [0.4, 0.5) is 13.2 Å². The maximum Gasteiger partial charge on any atom is 0.573 e. The smallest absolute Gasteiger partial charge is 0.497 e. The highest BCUT2D eigenvalue weighted by Gasteiger charge is 2.30. The van der Waals surface area contributed by atoms with Gasteiger partial charge in [-0.3, -0.25) is 4.40 Å². The van der Waals surface area contributed by atoms with Crippen molar-refractivity contribution in [3.05, 3.63) is 67.0 Å². The second kappa shape index (κ2) is 7.62. The van der Waals surface area contributed by atoms with Crippen LogP contribution in [0.1, 0.15) is 0 Å². The zero-order chi connectivity index (χ0) is 21.3. The Hall–Kier alpha value is -3.68. The van der Waals surface area contributed by atoms with Crippen LogP contribution in [0.5, 0.6) is 17.2 Å². The molecule has 30 heavy (non-hydrogen) atoms. The summed E-state index contributed by atoms with van der Waals surface area (Å²) in [5.41, 5.74) is 3.96. The molecule has 0 saturated carbocycles. The van der Waals surface area contributed by atoms with Gasteiger partial charge < -0.3 is 14.2 Å². The quantitative estimate of drug-likeness (QED) is 0.427. The van der Waals surface area contributed by atoms with Crippen LogP contribution in [0.15, 0.2) is 67.0 Å². The second-order valence-corrected chi connectivity index (χ2v) is 6.46. The third-order valence-corrected chi connectivity index (χ3v) is 4.57. The number of imidazole rings is 1. The van der Waals surface area contributed by atoms with Gasteiger partial charge in [0.2, 0.25) is 0 Å². The molecule has 4 aromatic rings. The van der Waals surface area contributed by atoms with Crippen LogP contribution >= 0.6 is 0 Å². The number of alkyl halides is 3. The Morgan fingerprint density at radius 1 is 0.767 bits per heavy atom. The first-order valence-corrected chi connectivity index (χ1v) is 8.93. The Balaban J connectivity index is 1.74. The van der Waals surface area contributed by atoms with Gasteiger partial charge in [0.25, 0.3) is 0 Å². The number of pyridine rings is 1. The number of nitrogens with zero attached hydrogens (tertiary/aromatic N) is 2. The van der Waals surface area contributed by atoms with Crippen molar-refractivity contribution in [1.82, 2.24) is 9.38 Å². The Morgan fingerprint density at radius 3 is 2.00 bits per heavy atom. The Labute approximate surface area is 170 Å². The van der Waals surface area contributed by atoms with Gasteiger partial charge in [-0.2, -0.15) is 0 Å². The number of hydrogen-bond donors (Lipinski definition) is 0. The van der Waals surface area contributed by atoms with Gasteiger partial charge in [0.15, 0.2) is 0 Å². The Morgan fingerprint density at radius 2 is 1.40 bits per heavy atom. The fourth-order valence-electron chi connectivity index (χ4n) is 3.17. The molecule has 2 heterocycles. The number of benzene rings is 2. The summed E-state index contributed by atoms with van der Waals surface area (Å²) in [6.07, 6.45) is -1.10. The van der Waals surface area contributed by atoms with Gasteiger partial charge in [-0.15, -0.1) is 13.2 Å². The summed E-state index contributed by atoms with van der Waals surface area (Å²) >= 11 is 0. The van der Waals surface area contributed by atoms with E-state index in [1.54, 1.807) is 38.6 Å². The molecule has 2 aromatic heterocycles. The van der Waals surface area contributed by atoms with E-state index in [1.165, 1.54) is 12.1 Å². The van der Waals surface area contributed by atoms with Gasteiger partial charge in [-0.1, -0.05) is 12.1 Å². The van der Waals surface area contributed by atoms with Crippen LogP contribution in [0.25, 0.3) is 28.0 Å². The summed E-state index contributed by atoms with van der Waals surface area (Å²) in [4.78, 5) is 4.43. The number of aromatic nitrogens is 2. The molecule has 0 radical (unpaired) electrons. The van der Waals surface area contributed by atoms with E-state index < -0.39 is 6.36 Å². The van der Waals surface area contributed by atoms with E-state index in [-0.39, 0.29) is 5.75 Å². The molecule has 0 unspecified atom stereocenters. The summed E-state index contributed by atoms with van der Waals surface area (Å²) in [6, 6.07) is 15.0. The molecule has 0 spiro atoms. The third-order valence-electron chi connectivity index (χ3n) is 4.57. The highest BCUT2D eigenvalue weighted by atomic mass is 19.4. The van der Waals surface area contributed by atoms with Crippen LogP contribution < -0.4 is 14.2 Å². The highest BCUT2D eigenvalue weighted by molar-refractivity contribution is 5.71. The number of rotatable bonds is 5. The summed E-state index contributed by atoms with van der Waals surface area (Å²) in [7, 11) is 3.16. The molecule has 4 rings (SSSR count). The molecule has 0 saturated heterocycles. The molecule has 0 bridgehead atoms. The predicted molar refractivity (Wildman–Crippen MR) is 106 cm³/mol. The van der Waals surface area contributed by atoms with Crippen LogP contribution in [-0.4, -0.2) is 30.0 Å². The molecule has 0 N–H and O–H groups in total. The maximum absolute atomic E-state index is 12.4. The van der Waals surface area contributed by atoms with E-state index >= 15 is 0 Å². The van der Waals surface area contributed by atoms with Crippen molar-refractivity contribution in [3.8, 4) is 39.6 Å². The predicted octanol–water partition coefficient (Wildman–Crippen LogP) is 5.58. The van der Waals surface area contributed by atoms with Crippen LogP contribution in [-0.2, 0) is 0 Å². The lowest BCUT2D eigenvalue weighted by Crippen LogP contribution is -2.16. The molecular weight excluding hydrogens is 397 g/mol. The number of hydrogen-bond acceptors (Lipinski definition) is 4. The van der Waals surface area contributed by atoms with Crippen LogP contribution in [0.3, 0.4) is 0 Å². The number of fused-ring (bicyclic) bond motifs is 1. The minimum Gasteiger partial charge on any atom is -0.497 e.